The van der Waals surface area contributed by atoms with Crippen LogP contribution in [0.15, 0.2) is 48.1 Å². The van der Waals surface area contributed by atoms with Crippen molar-refractivity contribution in [3.05, 3.63) is 53.7 Å². The summed E-state index contributed by atoms with van der Waals surface area (Å²) < 4.78 is 13.4. The number of hydrogen-bond acceptors (Lipinski definition) is 4. The lowest BCUT2D eigenvalue weighted by Gasteiger charge is -2.27. The first kappa shape index (κ1) is 15.9. The van der Waals surface area contributed by atoms with E-state index in [2.05, 4.69) is 33.2 Å². The van der Waals surface area contributed by atoms with Crippen LogP contribution >= 0.6 is 0 Å². The minimum atomic E-state index is -0.159. The molecule has 1 aromatic rings. The van der Waals surface area contributed by atoms with Gasteiger partial charge in [0.15, 0.2) is 0 Å². The summed E-state index contributed by atoms with van der Waals surface area (Å²) in [5, 5.41) is 3.32. The summed E-state index contributed by atoms with van der Waals surface area (Å²) in [6.07, 6.45) is 12.6. The van der Waals surface area contributed by atoms with Crippen LogP contribution in [0.3, 0.4) is 0 Å². The summed E-state index contributed by atoms with van der Waals surface area (Å²) in [5.74, 6) is 0.793. The van der Waals surface area contributed by atoms with Crippen LogP contribution in [-0.2, 0) is 0 Å². The van der Waals surface area contributed by atoms with E-state index in [4.69, 9.17) is 0 Å². The van der Waals surface area contributed by atoms with E-state index < -0.39 is 0 Å². The van der Waals surface area contributed by atoms with Crippen LogP contribution in [0.4, 0.5) is 10.3 Å². The van der Waals surface area contributed by atoms with Gasteiger partial charge in [-0.25, -0.2) is 14.4 Å². The molecule has 0 amide bonds. The predicted octanol–water partition coefficient (Wildman–Crippen LogP) is 3.12. The topological polar surface area (TPSA) is 41.1 Å². The first-order chi connectivity index (χ1) is 11.2. The number of aromatic nitrogens is 2. The van der Waals surface area contributed by atoms with E-state index in [-0.39, 0.29) is 11.7 Å². The number of nitrogens with zero attached hydrogens (tertiary/aromatic N) is 3. The molecule has 0 spiro atoms. The van der Waals surface area contributed by atoms with E-state index in [1.165, 1.54) is 6.08 Å². The molecule has 2 aliphatic rings. The van der Waals surface area contributed by atoms with Gasteiger partial charge in [-0.3, -0.25) is 0 Å². The highest BCUT2D eigenvalue weighted by Crippen LogP contribution is 2.27. The van der Waals surface area contributed by atoms with Crippen LogP contribution in [0, 0.1) is 0 Å². The molecule has 1 unspecified atom stereocenters. The van der Waals surface area contributed by atoms with Crippen LogP contribution in [-0.4, -0.2) is 36.1 Å². The molecular weight excluding hydrogens is 291 g/mol. The standard InChI is InChI=1S/C18H23FN4/c1-14(15-4-2-3-5-17(19)7-6-15)16-12-21-18(22-13-16)23-10-8-20-9-11-23/h4-7,12-14,20H,2-3,8-11H2,1H3/b7-6-,15-4+,17-5?. The van der Waals surface area contributed by atoms with Gasteiger partial charge in [0.05, 0.1) is 0 Å². The smallest absolute Gasteiger partial charge is 0.225 e. The SMILES string of the molecule is CC(C1=C/CCC=C(F)/C=C\1)c1cnc(N2CCNCC2)nc1. The zero-order valence-electron chi connectivity index (χ0n) is 13.5. The summed E-state index contributed by atoms with van der Waals surface area (Å²) in [5.41, 5.74) is 2.18. The Morgan fingerprint density at radius 1 is 1.09 bits per heavy atom. The van der Waals surface area contributed by atoms with E-state index in [1.807, 2.05) is 18.5 Å². The van der Waals surface area contributed by atoms with Crippen molar-refractivity contribution >= 4 is 5.95 Å². The highest BCUT2D eigenvalue weighted by molar-refractivity contribution is 5.37. The van der Waals surface area contributed by atoms with Gasteiger partial charge in [-0.15, -0.1) is 0 Å². The fourth-order valence-corrected chi connectivity index (χ4v) is 2.88. The Morgan fingerprint density at radius 2 is 1.78 bits per heavy atom. The third kappa shape index (κ3) is 4.05. The molecule has 0 aromatic carbocycles. The van der Waals surface area contributed by atoms with E-state index in [0.717, 1.165) is 56.1 Å². The van der Waals surface area contributed by atoms with Crippen LogP contribution in [0.1, 0.15) is 31.2 Å². The summed E-state index contributed by atoms with van der Waals surface area (Å²) in [6, 6.07) is 0. The quantitative estimate of drug-likeness (QED) is 0.931. The zero-order valence-corrected chi connectivity index (χ0v) is 13.5. The molecule has 1 saturated heterocycles. The lowest BCUT2D eigenvalue weighted by molar-refractivity contribution is 0.579. The summed E-state index contributed by atoms with van der Waals surface area (Å²) in [7, 11) is 0. The van der Waals surface area contributed by atoms with Crippen molar-refractivity contribution in [3.8, 4) is 0 Å². The second-order valence-electron chi connectivity index (χ2n) is 5.98. The Morgan fingerprint density at radius 3 is 2.52 bits per heavy atom. The van der Waals surface area contributed by atoms with Gasteiger partial charge in [-0.05, 0) is 36.1 Å². The lowest BCUT2D eigenvalue weighted by atomic mass is 9.92. The van der Waals surface area contributed by atoms with E-state index in [9.17, 15) is 4.39 Å². The van der Waals surface area contributed by atoms with E-state index in [0.29, 0.717) is 0 Å². The molecule has 4 nitrogen and oxygen atoms in total. The summed E-state index contributed by atoms with van der Waals surface area (Å²) in [6.45, 7) is 5.93. The number of nitrogens with one attached hydrogen (secondary N) is 1. The lowest BCUT2D eigenvalue weighted by Crippen LogP contribution is -2.44. The first-order valence-corrected chi connectivity index (χ1v) is 8.25. The number of anilines is 1. The number of allylic oxidation sites excluding steroid dienone is 6. The van der Waals surface area contributed by atoms with Gasteiger partial charge in [0.1, 0.15) is 5.83 Å². The van der Waals surface area contributed by atoms with E-state index >= 15 is 0 Å². The molecule has 0 saturated carbocycles. The van der Waals surface area contributed by atoms with Crippen LogP contribution in [0.2, 0.25) is 0 Å². The molecule has 1 aliphatic heterocycles. The van der Waals surface area contributed by atoms with Gasteiger partial charge in [0, 0.05) is 44.5 Å². The highest BCUT2D eigenvalue weighted by atomic mass is 19.1. The van der Waals surface area contributed by atoms with Crippen LogP contribution < -0.4 is 10.2 Å². The molecule has 0 bridgehead atoms. The maximum Gasteiger partial charge on any atom is 0.225 e. The fraction of sp³-hybridized carbons (Fsp3) is 0.444. The molecule has 1 aliphatic carbocycles. The first-order valence-electron chi connectivity index (χ1n) is 8.25. The van der Waals surface area contributed by atoms with Gasteiger partial charge >= 0.3 is 0 Å². The Bertz CT molecular complexity index is 612. The van der Waals surface area contributed by atoms with E-state index in [1.54, 1.807) is 6.08 Å². The molecular formula is C18H23FN4. The summed E-state index contributed by atoms with van der Waals surface area (Å²) >= 11 is 0. The number of halogens is 1. The van der Waals surface area contributed by atoms with Gasteiger partial charge in [-0.2, -0.15) is 0 Å². The van der Waals surface area contributed by atoms with Crippen molar-refractivity contribution in [2.45, 2.75) is 25.7 Å². The average Bonchev–Trinajstić information content (AvgIpc) is 2.59. The molecule has 0 radical (unpaired) electrons. The Hall–Kier alpha value is -2.01. The Labute approximate surface area is 136 Å². The molecule has 1 fully saturated rings. The van der Waals surface area contributed by atoms with Crippen molar-refractivity contribution in [2.75, 3.05) is 31.1 Å². The van der Waals surface area contributed by atoms with Crippen molar-refractivity contribution < 1.29 is 4.39 Å². The minimum Gasteiger partial charge on any atom is -0.338 e. The molecule has 23 heavy (non-hydrogen) atoms. The van der Waals surface area contributed by atoms with Crippen molar-refractivity contribution in [3.63, 3.8) is 0 Å². The van der Waals surface area contributed by atoms with Crippen molar-refractivity contribution in [1.29, 1.82) is 0 Å². The number of piperazine rings is 1. The Kier molecular flexibility index (Phi) is 5.18. The van der Waals surface area contributed by atoms with Gasteiger partial charge in [0.2, 0.25) is 5.95 Å². The minimum absolute atomic E-state index is 0.159. The second kappa shape index (κ2) is 7.51. The maximum absolute atomic E-state index is 13.4. The fourth-order valence-electron chi connectivity index (χ4n) is 2.88. The van der Waals surface area contributed by atoms with Crippen molar-refractivity contribution in [1.82, 2.24) is 15.3 Å². The van der Waals surface area contributed by atoms with Crippen LogP contribution in [0.5, 0.6) is 0 Å². The molecule has 122 valence electrons. The normalized spacial score (nSPS) is 24.0. The molecule has 1 N–H and O–H groups in total. The zero-order chi connectivity index (χ0) is 16.1. The second-order valence-corrected chi connectivity index (χ2v) is 5.98. The average molecular weight is 314 g/mol. The number of hydrogen-bond donors (Lipinski definition) is 1. The molecule has 1 aromatic heterocycles. The predicted molar refractivity (Wildman–Crippen MR) is 91.2 cm³/mol. The maximum atomic E-state index is 13.4. The molecule has 3 rings (SSSR count). The molecule has 1 atom stereocenters. The number of rotatable bonds is 3. The molecule has 5 heteroatoms. The van der Waals surface area contributed by atoms with Gasteiger partial charge in [-0.1, -0.05) is 19.1 Å². The third-order valence-electron chi connectivity index (χ3n) is 4.38. The molecule has 2 heterocycles. The van der Waals surface area contributed by atoms with Gasteiger partial charge < -0.3 is 10.2 Å². The Balaban J connectivity index is 1.73. The monoisotopic (exact) mass is 314 g/mol. The largest absolute Gasteiger partial charge is 0.338 e. The van der Waals surface area contributed by atoms with Crippen LogP contribution in [0.25, 0.3) is 0 Å². The van der Waals surface area contributed by atoms with Gasteiger partial charge in [0.25, 0.3) is 0 Å². The third-order valence-corrected chi connectivity index (χ3v) is 4.38. The highest BCUT2D eigenvalue weighted by Gasteiger charge is 2.15. The van der Waals surface area contributed by atoms with Crippen molar-refractivity contribution in [2.24, 2.45) is 0 Å². The summed E-state index contributed by atoms with van der Waals surface area (Å²) in [4.78, 5) is 11.2.